The topological polar surface area (TPSA) is 18.5 Å². The molecule has 0 aliphatic heterocycles. The lowest BCUT2D eigenvalue weighted by Crippen LogP contribution is -2.19. The Morgan fingerprint density at radius 2 is 1.75 bits per heavy atom. The van der Waals surface area contributed by atoms with Crippen LogP contribution in [0, 0.1) is 5.41 Å². The second-order valence-corrected chi connectivity index (χ2v) is 4.44. The monoisotopic (exact) mass is 174 g/mol. The molecule has 0 bridgehead atoms. The van der Waals surface area contributed by atoms with Gasteiger partial charge in [0.15, 0.2) is 0 Å². The Labute approximate surface area is 76.3 Å². The number of rotatable bonds is 5. The Bertz CT molecular complexity index is 105. The van der Waals surface area contributed by atoms with E-state index in [4.69, 9.17) is 9.47 Å². The second-order valence-electron chi connectivity index (χ2n) is 4.44. The highest BCUT2D eigenvalue weighted by atomic mass is 16.5. The Morgan fingerprint density at radius 3 is 2.17 bits per heavy atom. The maximum absolute atomic E-state index is 5.53. The lowest BCUT2D eigenvalue weighted by Gasteiger charge is -2.23. The third-order valence-corrected chi connectivity index (χ3v) is 1.59. The molecule has 2 nitrogen and oxygen atoms in total. The zero-order valence-corrected chi connectivity index (χ0v) is 9.02. The van der Waals surface area contributed by atoms with E-state index in [0.29, 0.717) is 24.7 Å². The van der Waals surface area contributed by atoms with Gasteiger partial charge in [0.2, 0.25) is 0 Å². The van der Waals surface area contributed by atoms with Crippen LogP contribution < -0.4 is 0 Å². The lowest BCUT2D eigenvalue weighted by molar-refractivity contribution is 0.00789. The highest BCUT2D eigenvalue weighted by Gasteiger charge is 2.15. The SMILES string of the molecule is COCCOC(C)CC(C)(C)C. The molecule has 0 aliphatic rings. The van der Waals surface area contributed by atoms with Gasteiger partial charge in [0.25, 0.3) is 0 Å². The number of hydrogen-bond donors (Lipinski definition) is 0. The highest BCUT2D eigenvalue weighted by Crippen LogP contribution is 2.21. The predicted octanol–water partition coefficient (Wildman–Crippen LogP) is 2.47. The first-order valence-corrected chi connectivity index (χ1v) is 4.56. The Morgan fingerprint density at radius 1 is 1.17 bits per heavy atom. The van der Waals surface area contributed by atoms with Crippen molar-refractivity contribution < 1.29 is 9.47 Å². The summed E-state index contributed by atoms with van der Waals surface area (Å²) < 4.78 is 10.4. The molecule has 0 aliphatic carbocycles. The van der Waals surface area contributed by atoms with Crippen LogP contribution in [0.2, 0.25) is 0 Å². The Kier molecular flexibility index (Phi) is 5.51. The minimum atomic E-state index is 0.333. The lowest BCUT2D eigenvalue weighted by atomic mass is 9.90. The van der Waals surface area contributed by atoms with Gasteiger partial charge in [-0.1, -0.05) is 20.8 Å². The minimum absolute atomic E-state index is 0.333. The van der Waals surface area contributed by atoms with Gasteiger partial charge in [-0.05, 0) is 18.8 Å². The molecule has 0 saturated heterocycles. The zero-order valence-electron chi connectivity index (χ0n) is 9.02. The number of hydrogen-bond acceptors (Lipinski definition) is 2. The van der Waals surface area contributed by atoms with Gasteiger partial charge in [0, 0.05) is 7.11 Å². The minimum Gasteiger partial charge on any atom is -0.382 e. The van der Waals surface area contributed by atoms with Crippen molar-refractivity contribution in [3.05, 3.63) is 0 Å². The molecule has 1 atom stereocenters. The van der Waals surface area contributed by atoms with Crippen LogP contribution in [-0.4, -0.2) is 26.4 Å². The molecule has 0 saturated carbocycles. The summed E-state index contributed by atoms with van der Waals surface area (Å²) in [5.74, 6) is 0. The third kappa shape index (κ3) is 8.02. The van der Waals surface area contributed by atoms with Gasteiger partial charge in [-0.25, -0.2) is 0 Å². The van der Waals surface area contributed by atoms with Crippen LogP contribution in [0.15, 0.2) is 0 Å². The van der Waals surface area contributed by atoms with Crippen LogP contribution in [0.5, 0.6) is 0 Å². The molecule has 0 radical (unpaired) electrons. The third-order valence-electron chi connectivity index (χ3n) is 1.59. The Balaban J connectivity index is 3.40. The van der Waals surface area contributed by atoms with Crippen molar-refractivity contribution in [1.82, 2.24) is 0 Å². The van der Waals surface area contributed by atoms with Gasteiger partial charge in [-0.15, -0.1) is 0 Å². The van der Waals surface area contributed by atoms with Crippen molar-refractivity contribution in [1.29, 1.82) is 0 Å². The molecule has 1 unspecified atom stereocenters. The van der Waals surface area contributed by atoms with E-state index in [1.54, 1.807) is 7.11 Å². The largest absolute Gasteiger partial charge is 0.382 e. The van der Waals surface area contributed by atoms with Crippen molar-refractivity contribution in [3.8, 4) is 0 Å². The maximum atomic E-state index is 5.53. The summed E-state index contributed by atoms with van der Waals surface area (Å²) in [5, 5.41) is 0. The van der Waals surface area contributed by atoms with Crippen molar-refractivity contribution >= 4 is 0 Å². The van der Waals surface area contributed by atoms with Gasteiger partial charge < -0.3 is 9.47 Å². The van der Waals surface area contributed by atoms with E-state index in [9.17, 15) is 0 Å². The molecule has 0 aromatic carbocycles. The summed E-state index contributed by atoms with van der Waals surface area (Å²) in [7, 11) is 1.69. The zero-order chi connectivity index (χ0) is 9.61. The molecule has 0 rings (SSSR count). The molecule has 12 heavy (non-hydrogen) atoms. The maximum Gasteiger partial charge on any atom is 0.0703 e. The summed E-state index contributed by atoms with van der Waals surface area (Å²) in [6.45, 7) is 10.2. The van der Waals surface area contributed by atoms with Gasteiger partial charge in [0.1, 0.15) is 0 Å². The quantitative estimate of drug-likeness (QED) is 0.596. The predicted molar refractivity (Wildman–Crippen MR) is 51.4 cm³/mol. The normalized spacial score (nSPS) is 14.8. The van der Waals surface area contributed by atoms with Crippen LogP contribution >= 0.6 is 0 Å². The van der Waals surface area contributed by atoms with E-state index < -0.39 is 0 Å². The van der Waals surface area contributed by atoms with E-state index in [0.717, 1.165) is 6.42 Å². The molecule has 0 amide bonds. The fourth-order valence-corrected chi connectivity index (χ4v) is 1.25. The standard InChI is InChI=1S/C10H22O2/c1-9(8-10(2,3)4)12-7-6-11-5/h9H,6-8H2,1-5H3. The average molecular weight is 174 g/mol. The fraction of sp³-hybridized carbons (Fsp3) is 1.00. The van der Waals surface area contributed by atoms with Gasteiger partial charge >= 0.3 is 0 Å². The summed E-state index contributed by atoms with van der Waals surface area (Å²) in [6, 6.07) is 0. The van der Waals surface area contributed by atoms with E-state index in [2.05, 4.69) is 27.7 Å². The number of methoxy groups -OCH3 is 1. The first-order chi connectivity index (χ1) is 5.45. The first-order valence-electron chi connectivity index (χ1n) is 4.56. The van der Waals surface area contributed by atoms with Crippen molar-refractivity contribution in [2.24, 2.45) is 5.41 Å². The molecule has 0 N–H and O–H groups in total. The van der Waals surface area contributed by atoms with Crippen LogP contribution in [0.25, 0.3) is 0 Å². The van der Waals surface area contributed by atoms with Crippen molar-refractivity contribution in [2.45, 2.75) is 40.2 Å². The van der Waals surface area contributed by atoms with E-state index >= 15 is 0 Å². The van der Waals surface area contributed by atoms with Crippen LogP contribution in [0.1, 0.15) is 34.1 Å². The van der Waals surface area contributed by atoms with E-state index in [1.165, 1.54) is 0 Å². The summed E-state index contributed by atoms with van der Waals surface area (Å²) in [5.41, 5.74) is 0.354. The van der Waals surface area contributed by atoms with Gasteiger partial charge in [0.05, 0.1) is 19.3 Å². The summed E-state index contributed by atoms with van der Waals surface area (Å²) >= 11 is 0. The molecule has 0 spiro atoms. The second kappa shape index (κ2) is 5.55. The molecular weight excluding hydrogens is 152 g/mol. The molecule has 74 valence electrons. The number of ether oxygens (including phenoxy) is 2. The van der Waals surface area contributed by atoms with E-state index in [1.807, 2.05) is 0 Å². The van der Waals surface area contributed by atoms with Gasteiger partial charge in [-0.3, -0.25) is 0 Å². The Hall–Kier alpha value is -0.0800. The van der Waals surface area contributed by atoms with Gasteiger partial charge in [-0.2, -0.15) is 0 Å². The average Bonchev–Trinajstić information content (AvgIpc) is 1.84. The molecular formula is C10H22O2. The van der Waals surface area contributed by atoms with Crippen LogP contribution in [0.4, 0.5) is 0 Å². The molecule has 0 aromatic rings. The summed E-state index contributed by atoms with van der Waals surface area (Å²) in [6.07, 6.45) is 1.43. The van der Waals surface area contributed by atoms with Crippen molar-refractivity contribution in [3.63, 3.8) is 0 Å². The summed E-state index contributed by atoms with van der Waals surface area (Å²) in [4.78, 5) is 0. The molecule has 0 aromatic heterocycles. The van der Waals surface area contributed by atoms with Crippen LogP contribution in [-0.2, 0) is 9.47 Å². The molecule has 2 heteroatoms. The fourth-order valence-electron chi connectivity index (χ4n) is 1.25. The first kappa shape index (κ1) is 11.9. The highest BCUT2D eigenvalue weighted by molar-refractivity contribution is 4.65. The van der Waals surface area contributed by atoms with E-state index in [-0.39, 0.29) is 0 Å². The van der Waals surface area contributed by atoms with Crippen LogP contribution in [0.3, 0.4) is 0 Å². The molecule has 0 fully saturated rings. The van der Waals surface area contributed by atoms with Crippen molar-refractivity contribution in [2.75, 3.05) is 20.3 Å². The smallest absolute Gasteiger partial charge is 0.0703 e. The molecule has 0 heterocycles.